The summed E-state index contributed by atoms with van der Waals surface area (Å²) in [4.78, 5) is 0. The summed E-state index contributed by atoms with van der Waals surface area (Å²) in [6.45, 7) is 3.96. The maximum Gasteiger partial charge on any atom is 0.145 e. The van der Waals surface area contributed by atoms with Gasteiger partial charge in [-0.1, -0.05) is 11.8 Å². The van der Waals surface area contributed by atoms with Gasteiger partial charge in [0, 0.05) is 0 Å². The third-order valence-corrected chi connectivity index (χ3v) is 0.946. The summed E-state index contributed by atoms with van der Waals surface area (Å²) in [5.41, 5.74) is -2.54. The first-order chi connectivity index (χ1) is 4.77. The van der Waals surface area contributed by atoms with Crippen molar-refractivity contribution in [2.24, 2.45) is 0 Å². The van der Waals surface area contributed by atoms with Crippen LogP contribution < -0.4 is 0 Å². The van der Waals surface area contributed by atoms with E-state index in [9.17, 15) is 0 Å². The van der Waals surface area contributed by atoms with E-state index in [-0.39, 0.29) is 0 Å². The molecule has 0 spiro atoms. The summed E-state index contributed by atoms with van der Waals surface area (Å²) in [5.74, 6) is 4.76. The summed E-state index contributed by atoms with van der Waals surface area (Å²) in [6, 6.07) is 0. The highest BCUT2D eigenvalue weighted by atomic mass is 16.3. The van der Waals surface area contributed by atoms with E-state index in [1.54, 1.807) is 0 Å². The molecule has 0 amide bonds. The molecule has 0 aliphatic carbocycles. The van der Waals surface area contributed by atoms with Gasteiger partial charge in [-0.25, -0.2) is 0 Å². The predicted octanol–water partition coefficient (Wildman–Crippen LogP) is -0.496. The van der Waals surface area contributed by atoms with Crippen LogP contribution in [0.3, 0.4) is 0 Å². The number of rotatable bonds is 1. The van der Waals surface area contributed by atoms with E-state index in [4.69, 9.17) is 15.3 Å². The molecule has 64 valence electrons. The van der Waals surface area contributed by atoms with Crippen molar-refractivity contribution >= 4 is 0 Å². The van der Waals surface area contributed by atoms with Crippen molar-refractivity contribution in [3.63, 3.8) is 0 Å². The molecule has 3 nitrogen and oxygen atoms in total. The van der Waals surface area contributed by atoms with Crippen LogP contribution in [0.2, 0.25) is 0 Å². The molecule has 0 aliphatic rings. The first-order valence-corrected chi connectivity index (χ1v) is 3.37. The van der Waals surface area contributed by atoms with E-state index < -0.39 is 17.8 Å². The third-order valence-electron chi connectivity index (χ3n) is 0.946. The number of aliphatic hydroxyl groups is 3. The van der Waals surface area contributed by atoms with Gasteiger partial charge in [0.2, 0.25) is 0 Å². The Morgan fingerprint density at radius 1 is 1.09 bits per heavy atom. The van der Waals surface area contributed by atoms with Gasteiger partial charge >= 0.3 is 0 Å². The van der Waals surface area contributed by atoms with Gasteiger partial charge in [0.25, 0.3) is 0 Å². The van der Waals surface area contributed by atoms with Gasteiger partial charge in [-0.2, -0.15) is 0 Å². The Bertz CT molecular complexity index is 178. The Morgan fingerprint density at radius 2 is 1.55 bits per heavy atom. The van der Waals surface area contributed by atoms with E-state index >= 15 is 0 Å². The van der Waals surface area contributed by atoms with Crippen LogP contribution in [0.4, 0.5) is 0 Å². The fourth-order valence-corrected chi connectivity index (χ4v) is 0.327. The van der Waals surface area contributed by atoms with Crippen molar-refractivity contribution in [1.29, 1.82) is 0 Å². The molecule has 0 aromatic carbocycles. The average Bonchev–Trinajstić information content (AvgIpc) is 1.83. The smallest absolute Gasteiger partial charge is 0.145 e. The zero-order valence-corrected chi connectivity index (χ0v) is 7.05. The molecule has 0 radical (unpaired) electrons. The lowest BCUT2D eigenvalue weighted by Crippen LogP contribution is -2.28. The van der Waals surface area contributed by atoms with Crippen LogP contribution in [-0.2, 0) is 0 Å². The van der Waals surface area contributed by atoms with Gasteiger partial charge in [0.1, 0.15) is 11.2 Å². The lowest BCUT2D eigenvalue weighted by molar-refractivity contribution is 0.0507. The van der Waals surface area contributed by atoms with Gasteiger partial charge in [0.15, 0.2) is 0 Å². The van der Waals surface area contributed by atoms with Crippen molar-refractivity contribution in [2.75, 3.05) is 6.61 Å². The number of hydrogen-bond acceptors (Lipinski definition) is 3. The van der Waals surface area contributed by atoms with Crippen molar-refractivity contribution in [2.45, 2.75) is 32.0 Å². The zero-order valence-electron chi connectivity index (χ0n) is 7.05. The summed E-state index contributed by atoms with van der Waals surface area (Å²) in [6.07, 6.45) is 0. The molecule has 0 saturated heterocycles. The number of aliphatic hydroxyl groups excluding tert-OH is 1. The topological polar surface area (TPSA) is 60.7 Å². The van der Waals surface area contributed by atoms with Gasteiger partial charge < -0.3 is 15.3 Å². The van der Waals surface area contributed by atoms with Crippen LogP contribution in [0.1, 0.15) is 20.8 Å². The lowest BCUT2D eigenvalue weighted by atomic mass is 10.1. The summed E-state index contributed by atoms with van der Waals surface area (Å²) in [7, 11) is 0. The van der Waals surface area contributed by atoms with Crippen LogP contribution in [0.15, 0.2) is 0 Å². The number of hydrogen-bond donors (Lipinski definition) is 3. The highest BCUT2D eigenvalue weighted by molar-refractivity contribution is 5.18. The molecular weight excluding hydrogens is 144 g/mol. The largest absolute Gasteiger partial charge is 0.392 e. The Kier molecular flexibility index (Phi) is 3.06. The van der Waals surface area contributed by atoms with E-state index in [1.807, 2.05) is 0 Å². The summed E-state index contributed by atoms with van der Waals surface area (Å²) in [5, 5.41) is 26.8. The molecule has 1 atom stereocenters. The molecule has 3 heteroatoms. The van der Waals surface area contributed by atoms with E-state index in [1.165, 1.54) is 20.8 Å². The molecule has 0 heterocycles. The van der Waals surface area contributed by atoms with Crippen molar-refractivity contribution < 1.29 is 15.3 Å². The Labute approximate surface area is 66.7 Å². The fourth-order valence-electron chi connectivity index (χ4n) is 0.327. The van der Waals surface area contributed by atoms with Crippen molar-refractivity contribution in [1.82, 2.24) is 0 Å². The van der Waals surface area contributed by atoms with Gasteiger partial charge in [-0.15, -0.1) is 0 Å². The second-order valence-electron chi connectivity index (χ2n) is 3.24. The van der Waals surface area contributed by atoms with Crippen LogP contribution in [0, 0.1) is 11.8 Å². The predicted molar refractivity (Wildman–Crippen MR) is 41.8 cm³/mol. The highest BCUT2D eigenvalue weighted by Gasteiger charge is 2.16. The normalized spacial score (nSPS) is 16.5. The van der Waals surface area contributed by atoms with Gasteiger partial charge in [0.05, 0.1) is 6.61 Å². The molecule has 1 unspecified atom stereocenters. The molecular formula is C8H14O3. The molecule has 0 aliphatic heterocycles. The van der Waals surface area contributed by atoms with Crippen LogP contribution in [0.5, 0.6) is 0 Å². The van der Waals surface area contributed by atoms with Crippen molar-refractivity contribution in [3.8, 4) is 11.8 Å². The maximum atomic E-state index is 9.15. The Morgan fingerprint density at radius 3 is 1.82 bits per heavy atom. The molecule has 0 rings (SSSR count). The second-order valence-corrected chi connectivity index (χ2v) is 3.24. The maximum absolute atomic E-state index is 9.15. The fraction of sp³-hybridized carbons (Fsp3) is 0.750. The third kappa shape index (κ3) is 5.86. The van der Waals surface area contributed by atoms with Crippen LogP contribution in [-0.4, -0.2) is 33.1 Å². The van der Waals surface area contributed by atoms with Crippen LogP contribution >= 0.6 is 0 Å². The van der Waals surface area contributed by atoms with E-state index in [0.717, 1.165) is 0 Å². The Balaban J connectivity index is 4.29. The SMILES string of the molecule is CC(C)(O)C#CC(C)(O)CO. The monoisotopic (exact) mass is 158 g/mol. The molecule has 11 heavy (non-hydrogen) atoms. The molecule has 0 aromatic heterocycles. The zero-order chi connectivity index (χ0) is 9.12. The Hall–Kier alpha value is -0.560. The molecule has 0 aromatic rings. The molecule has 3 N–H and O–H groups in total. The van der Waals surface area contributed by atoms with Gasteiger partial charge in [-0.3, -0.25) is 0 Å². The standard InChI is InChI=1S/C8H14O3/c1-7(2,10)4-5-8(3,11)6-9/h9-11H,6H2,1-3H3. The molecule has 0 saturated carbocycles. The summed E-state index contributed by atoms with van der Waals surface area (Å²) >= 11 is 0. The first kappa shape index (κ1) is 10.4. The van der Waals surface area contributed by atoms with Crippen molar-refractivity contribution in [3.05, 3.63) is 0 Å². The average molecular weight is 158 g/mol. The summed E-state index contributed by atoms with van der Waals surface area (Å²) < 4.78 is 0. The van der Waals surface area contributed by atoms with E-state index in [2.05, 4.69) is 11.8 Å². The minimum Gasteiger partial charge on any atom is -0.392 e. The van der Waals surface area contributed by atoms with E-state index in [0.29, 0.717) is 0 Å². The minimum absolute atomic E-state index is 0.434. The van der Waals surface area contributed by atoms with Crippen LogP contribution in [0.25, 0.3) is 0 Å². The minimum atomic E-state index is -1.42. The first-order valence-electron chi connectivity index (χ1n) is 3.37. The molecule has 0 fully saturated rings. The van der Waals surface area contributed by atoms with Gasteiger partial charge in [-0.05, 0) is 20.8 Å². The quantitative estimate of drug-likeness (QED) is 0.451. The molecule has 0 bridgehead atoms. The highest BCUT2D eigenvalue weighted by Crippen LogP contribution is 2.02. The second kappa shape index (κ2) is 3.22. The lowest BCUT2D eigenvalue weighted by Gasteiger charge is -2.13.